The molecule has 2 aromatic rings. The predicted molar refractivity (Wildman–Crippen MR) is 106 cm³/mol. The maximum absolute atomic E-state index is 12.3. The summed E-state index contributed by atoms with van der Waals surface area (Å²) in [6.45, 7) is 5.56. The number of aryl methyl sites for hydroxylation is 1. The quantitative estimate of drug-likeness (QED) is 0.610. The lowest BCUT2D eigenvalue weighted by Crippen LogP contribution is -2.15. The molecule has 0 radical (unpaired) electrons. The van der Waals surface area contributed by atoms with Crippen LogP contribution in [0, 0.1) is 13.8 Å². The van der Waals surface area contributed by atoms with Gasteiger partial charge in [0.1, 0.15) is 0 Å². The Labute approximate surface area is 167 Å². The van der Waals surface area contributed by atoms with E-state index in [1.807, 2.05) is 30.5 Å². The standard InChI is InChI=1S/C20H18Cl2N2O3/c1-10-7-13(8-15-18(20(26)27-4)11(2)23-19(15)25)12(3)24(10)14-5-6-16(21)17(22)9-14/h5-9H,1-4H3,(H,23,25)/b15-8-. The molecule has 0 aliphatic carbocycles. The van der Waals surface area contributed by atoms with Crippen LogP contribution < -0.4 is 5.32 Å². The fraction of sp³-hybridized carbons (Fsp3) is 0.200. The molecule has 0 spiro atoms. The Bertz CT molecular complexity index is 1030. The first-order valence-corrected chi connectivity index (χ1v) is 8.97. The molecule has 0 bridgehead atoms. The summed E-state index contributed by atoms with van der Waals surface area (Å²) in [5.41, 5.74) is 4.56. The number of ether oxygens (including phenoxy) is 1. The van der Waals surface area contributed by atoms with E-state index < -0.39 is 5.97 Å². The van der Waals surface area contributed by atoms with Gasteiger partial charge in [0.2, 0.25) is 0 Å². The van der Waals surface area contributed by atoms with Gasteiger partial charge in [-0.1, -0.05) is 23.2 Å². The first-order chi connectivity index (χ1) is 12.7. The molecular formula is C20H18Cl2N2O3. The lowest BCUT2D eigenvalue weighted by Gasteiger charge is -2.11. The highest BCUT2D eigenvalue weighted by Gasteiger charge is 2.31. The molecule has 0 unspecified atom stereocenters. The topological polar surface area (TPSA) is 60.3 Å². The number of methoxy groups -OCH3 is 1. The van der Waals surface area contributed by atoms with Crippen molar-refractivity contribution in [1.29, 1.82) is 0 Å². The van der Waals surface area contributed by atoms with Crippen molar-refractivity contribution in [3.63, 3.8) is 0 Å². The van der Waals surface area contributed by atoms with E-state index in [0.29, 0.717) is 15.7 Å². The van der Waals surface area contributed by atoms with Crippen molar-refractivity contribution in [1.82, 2.24) is 9.88 Å². The number of carbonyl (C=O) groups is 2. The summed E-state index contributed by atoms with van der Waals surface area (Å²) in [5.74, 6) is -0.873. The Hall–Kier alpha value is -2.50. The normalized spacial score (nSPS) is 15.5. The van der Waals surface area contributed by atoms with Crippen molar-refractivity contribution in [2.24, 2.45) is 0 Å². The summed E-state index contributed by atoms with van der Waals surface area (Å²) in [7, 11) is 1.29. The largest absolute Gasteiger partial charge is 0.465 e. The van der Waals surface area contributed by atoms with Crippen molar-refractivity contribution in [2.75, 3.05) is 7.11 Å². The molecular weight excluding hydrogens is 387 g/mol. The van der Waals surface area contributed by atoms with Crippen LogP contribution in [0.5, 0.6) is 0 Å². The number of allylic oxidation sites excluding steroid dienone is 1. The SMILES string of the molecule is COC(=O)C1=C(C)NC(=O)/C1=C\c1cc(C)n(-c2ccc(Cl)c(Cl)c2)c1C. The Morgan fingerprint density at radius 3 is 2.48 bits per heavy atom. The van der Waals surface area contributed by atoms with Crippen LogP contribution >= 0.6 is 23.2 Å². The number of rotatable bonds is 3. The van der Waals surface area contributed by atoms with Crippen molar-refractivity contribution < 1.29 is 14.3 Å². The second kappa shape index (κ2) is 7.25. The third-order valence-corrected chi connectivity index (χ3v) is 5.25. The molecule has 1 amide bonds. The molecule has 1 N–H and O–H groups in total. The van der Waals surface area contributed by atoms with Crippen LogP contribution in [-0.2, 0) is 14.3 Å². The van der Waals surface area contributed by atoms with Crippen molar-refractivity contribution in [3.8, 4) is 5.69 Å². The highest BCUT2D eigenvalue weighted by molar-refractivity contribution is 6.42. The van der Waals surface area contributed by atoms with E-state index in [4.69, 9.17) is 27.9 Å². The number of carbonyl (C=O) groups excluding carboxylic acids is 2. The Morgan fingerprint density at radius 1 is 1.15 bits per heavy atom. The van der Waals surface area contributed by atoms with Crippen molar-refractivity contribution >= 4 is 41.2 Å². The molecule has 1 aliphatic heterocycles. The zero-order valence-electron chi connectivity index (χ0n) is 15.3. The maximum Gasteiger partial charge on any atom is 0.340 e. The molecule has 2 heterocycles. The molecule has 1 aromatic heterocycles. The first-order valence-electron chi connectivity index (χ1n) is 8.21. The summed E-state index contributed by atoms with van der Waals surface area (Å²) in [6, 6.07) is 7.34. The van der Waals surface area contributed by atoms with E-state index in [2.05, 4.69) is 5.32 Å². The number of nitrogens with zero attached hydrogens (tertiary/aromatic N) is 1. The molecule has 3 rings (SSSR count). The van der Waals surface area contributed by atoms with Crippen molar-refractivity contribution in [2.45, 2.75) is 20.8 Å². The highest BCUT2D eigenvalue weighted by atomic mass is 35.5. The van der Waals surface area contributed by atoms with Crippen LogP contribution in [-0.4, -0.2) is 23.6 Å². The molecule has 0 saturated carbocycles. The molecule has 1 aromatic carbocycles. The van der Waals surface area contributed by atoms with Gasteiger partial charge in [0.05, 0.1) is 28.3 Å². The third kappa shape index (κ3) is 3.40. The minimum Gasteiger partial charge on any atom is -0.465 e. The molecule has 140 valence electrons. The molecule has 1 aliphatic rings. The lowest BCUT2D eigenvalue weighted by molar-refractivity contribution is -0.136. The van der Waals surface area contributed by atoms with Crippen LogP contribution in [0.4, 0.5) is 0 Å². The highest BCUT2D eigenvalue weighted by Crippen LogP contribution is 2.30. The summed E-state index contributed by atoms with van der Waals surface area (Å²) < 4.78 is 6.82. The van der Waals surface area contributed by atoms with Gasteiger partial charge in [0.15, 0.2) is 0 Å². The second-order valence-electron chi connectivity index (χ2n) is 6.26. The number of amides is 1. The van der Waals surface area contributed by atoms with Crippen LogP contribution in [0.3, 0.4) is 0 Å². The number of esters is 1. The first kappa shape index (κ1) is 19.3. The van der Waals surface area contributed by atoms with Gasteiger partial charge >= 0.3 is 5.97 Å². The number of halogens is 2. The van der Waals surface area contributed by atoms with Crippen LogP contribution in [0.15, 0.2) is 41.1 Å². The van der Waals surface area contributed by atoms with E-state index in [0.717, 1.165) is 22.6 Å². The Balaban J connectivity index is 2.11. The minimum atomic E-state index is -0.546. The van der Waals surface area contributed by atoms with E-state index in [9.17, 15) is 9.59 Å². The van der Waals surface area contributed by atoms with Gasteiger partial charge in [-0.05, 0) is 56.7 Å². The van der Waals surface area contributed by atoms with Gasteiger partial charge in [-0.15, -0.1) is 0 Å². The minimum absolute atomic E-state index is 0.252. The Kier molecular flexibility index (Phi) is 5.18. The molecule has 5 nitrogen and oxygen atoms in total. The fourth-order valence-corrected chi connectivity index (χ4v) is 3.52. The second-order valence-corrected chi connectivity index (χ2v) is 7.08. The van der Waals surface area contributed by atoms with Gasteiger partial charge in [-0.2, -0.15) is 0 Å². The zero-order valence-corrected chi connectivity index (χ0v) is 16.8. The average Bonchev–Trinajstić information content (AvgIpc) is 3.05. The van der Waals surface area contributed by atoms with E-state index >= 15 is 0 Å². The fourth-order valence-electron chi connectivity index (χ4n) is 3.23. The van der Waals surface area contributed by atoms with Gasteiger partial charge in [-0.25, -0.2) is 4.79 Å². The zero-order chi connectivity index (χ0) is 19.9. The van der Waals surface area contributed by atoms with Crippen LogP contribution in [0.25, 0.3) is 11.8 Å². The number of benzene rings is 1. The molecule has 27 heavy (non-hydrogen) atoms. The summed E-state index contributed by atoms with van der Waals surface area (Å²) in [5, 5.41) is 3.62. The number of aromatic nitrogens is 1. The smallest absolute Gasteiger partial charge is 0.340 e. The van der Waals surface area contributed by atoms with Crippen LogP contribution in [0.2, 0.25) is 10.0 Å². The molecule has 0 saturated heterocycles. The van der Waals surface area contributed by atoms with Crippen molar-refractivity contribution in [3.05, 3.63) is 68.1 Å². The van der Waals surface area contributed by atoms with Gasteiger partial charge < -0.3 is 14.6 Å². The van der Waals surface area contributed by atoms with Gasteiger partial charge in [0.25, 0.3) is 5.91 Å². The van der Waals surface area contributed by atoms with E-state index in [1.165, 1.54) is 7.11 Å². The maximum atomic E-state index is 12.3. The van der Waals surface area contributed by atoms with Gasteiger partial charge in [0, 0.05) is 22.8 Å². The predicted octanol–water partition coefficient (Wildman–Crippen LogP) is 4.36. The number of nitrogens with one attached hydrogen (secondary N) is 1. The number of hydrogen-bond donors (Lipinski definition) is 1. The summed E-state index contributed by atoms with van der Waals surface area (Å²) in [6.07, 6.45) is 1.70. The molecule has 0 atom stereocenters. The Morgan fingerprint density at radius 2 is 1.85 bits per heavy atom. The summed E-state index contributed by atoms with van der Waals surface area (Å²) in [4.78, 5) is 24.4. The number of hydrogen-bond acceptors (Lipinski definition) is 3. The molecule has 7 heteroatoms. The third-order valence-electron chi connectivity index (χ3n) is 4.51. The lowest BCUT2D eigenvalue weighted by atomic mass is 10.0. The molecule has 0 fully saturated rings. The van der Waals surface area contributed by atoms with E-state index in [-0.39, 0.29) is 17.1 Å². The summed E-state index contributed by atoms with van der Waals surface area (Å²) >= 11 is 12.2. The van der Waals surface area contributed by atoms with E-state index in [1.54, 1.807) is 25.1 Å². The van der Waals surface area contributed by atoms with Gasteiger partial charge in [-0.3, -0.25) is 4.79 Å². The average molecular weight is 405 g/mol. The monoisotopic (exact) mass is 404 g/mol. The van der Waals surface area contributed by atoms with Crippen LogP contribution in [0.1, 0.15) is 23.9 Å².